The van der Waals surface area contributed by atoms with Crippen LogP contribution in [-0.4, -0.2) is 7.85 Å². The van der Waals surface area contributed by atoms with Gasteiger partial charge in [0.1, 0.15) is 7.85 Å². The minimum Gasteiger partial charge on any atom is -0.310 e. The van der Waals surface area contributed by atoms with Crippen LogP contribution in [0.25, 0.3) is 10.8 Å². The van der Waals surface area contributed by atoms with Gasteiger partial charge in [-0.05, 0) is 42.1 Å². The van der Waals surface area contributed by atoms with E-state index < -0.39 is 0 Å². The van der Waals surface area contributed by atoms with Crippen molar-refractivity contribution in [2.24, 2.45) is 0 Å². The molecule has 4 aromatic rings. The quantitative estimate of drug-likeness (QED) is 0.456. The van der Waals surface area contributed by atoms with Gasteiger partial charge in [0.05, 0.1) is 5.69 Å². The van der Waals surface area contributed by atoms with Crippen LogP contribution in [0.15, 0.2) is 91.0 Å². The first-order valence-corrected chi connectivity index (χ1v) is 8.43. The third kappa shape index (κ3) is 2.92. The van der Waals surface area contributed by atoms with E-state index in [0.29, 0.717) is 0 Å². The molecule has 0 saturated heterocycles. The highest BCUT2D eigenvalue weighted by Crippen LogP contribution is 2.39. The molecule has 0 aliphatic rings. The SMILES string of the molecule is [B]c1ccc(N(c2ccccc2C)c2cccc3ccccc23)cc1. The van der Waals surface area contributed by atoms with Crippen LogP contribution in [0.5, 0.6) is 0 Å². The molecule has 1 nitrogen and oxygen atoms in total. The van der Waals surface area contributed by atoms with Crippen molar-refractivity contribution in [3.05, 3.63) is 96.6 Å². The van der Waals surface area contributed by atoms with Gasteiger partial charge in [-0.15, -0.1) is 0 Å². The van der Waals surface area contributed by atoms with Crippen molar-refractivity contribution >= 4 is 41.1 Å². The predicted molar refractivity (Wildman–Crippen MR) is 109 cm³/mol. The van der Waals surface area contributed by atoms with Crippen LogP contribution in [0.1, 0.15) is 5.56 Å². The van der Waals surface area contributed by atoms with E-state index in [-0.39, 0.29) is 0 Å². The highest BCUT2D eigenvalue weighted by atomic mass is 15.1. The first-order chi connectivity index (χ1) is 12.2. The first-order valence-electron chi connectivity index (χ1n) is 8.43. The minimum absolute atomic E-state index is 0.770. The van der Waals surface area contributed by atoms with Gasteiger partial charge in [-0.2, -0.15) is 0 Å². The normalized spacial score (nSPS) is 10.8. The molecule has 2 radical (unpaired) electrons. The minimum atomic E-state index is 0.770. The van der Waals surface area contributed by atoms with Crippen LogP contribution >= 0.6 is 0 Å². The molecule has 0 N–H and O–H groups in total. The molecule has 0 bridgehead atoms. The lowest BCUT2D eigenvalue weighted by molar-refractivity contribution is 1.26. The van der Waals surface area contributed by atoms with Gasteiger partial charge < -0.3 is 4.90 Å². The number of anilines is 3. The topological polar surface area (TPSA) is 3.24 Å². The van der Waals surface area contributed by atoms with Gasteiger partial charge in [-0.1, -0.05) is 72.2 Å². The van der Waals surface area contributed by atoms with Crippen LogP contribution in [-0.2, 0) is 0 Å². The summed E-state index contributed by atoms with van der Waals surface area (Å²) in [4.78, 5) is 2.30. The van der Waals surface area contributed by atoms with E-state index >= 15 is 0 Å². The van der Waals surface area contributed by atoms with Gasteiger partial charge in [0, 0.05) is 16.8 Å². The van der Waals surface area contributed by atoms with E-state index in [1.165, 1.54) is 22.0 Å². The third-order valence-corrected chi connectivity index (χ3v) is 4.52. The van der Waals surface area contributed by atoms with Gasteiger partial charge in [0.15, 0.2) is 0 Å². The number of nitrogens with zero attached hydrogens (tertiary/aromatic N) is 1. The fourth-order valence-corrected chi connectivity index (χ4v) is 3.25. The second kappa shape index (κ2) is 6.48. The Morgan fingerprint density at radius 1 is 0.640 bits per heavy atom. The van der Waals surface area contributed by atoms with E-state index in [1.54, 1.807) is 0 Å². The molecular formula is C23H18BN. The molecule has 0 aromatic heterocycles. The second-order valence-corrected chi connectivity index (χ2v) is 6.21. The summed E-state index contributed by atoms with van der Waals surface area (Å²) in [5.74, 6) is 0. The van der Waals surface area contributed by atoms with E-state index in [1.807, 2.05) is 12.1 Å². The Labute approximate surface area is 150 Å². The maximum absolute atomic E-state index is 5.91. The summed E-state index contributed by atoms with van der Waals surface area (Å²) in [7, 11) is 5.91. The molecule has 4 aromatic carbocycles. The lowest BCUT2D eigenvalue weighted by Gasteiger charge is -2.28. The molecule has 0 aliphatic carbocycles. The molecule has 0 unspecified atom stereocenters. The van der Waals surface area contributed by atoms with E-state index in [0.717, 1.165) is 16.8 Å². The molecule has 0 atom stereocenters. The largest absolute Gasteiger partial charge is 0.310 e. The van der Waals surface area contributed by atoms with Crippen LogP contribution in [0.2, 0.25) is 0 Å². The molecule has 0 heterocycles. The highest BCUT2D eigenvalue weighted by molar-refractivity contribution is 6.32. The Bertz CT molecular complexity index is 1020. The summed E-state index contributed by atoms with van der Waals surface area (Å²) < 4.78 is 0. The van der Waals surface area contributed by atoms with E-state index in [2.05, 4.69) is 90.7 Å². The van der Waals surface area contributed by atoms with Gasteiger partial charge in [0.25, 0.3) is 0 Å². The van der Waals surface area contributed by atoms with Crippen molar-refractivity contribution in [1.29, 1.82) is 0 Å². The number of fused-ring (bicyclic) bond motifs is 1. The van der Waals surface area contributed by atoms with Crippen LogP contribution in [0, 0.1) is 6.92 Å². The Hall–Kier alpha value is -3.00. The zero-order chi connectivity index (χ0) is 17.2. The fourth-order valence-electron chi connectivity index (χ4n) is 3.25. The number of hydrogen-bond donors (Lipinski definition) is 0. The van der Waals surface area contributed by atoms with E-state index in [9.17, 15) is 0 Å². The van der Waals surface area contributed by atoms with Crippen molar-refractivity contribution in [3.8, 4) is 0 Å². The summed E-state index contributed by atoms with van der Waals surface area (Å²) in [5.41, 5.74) is 5.43. The number of hydrogen-bond acceptors (Lipinski definition) is 1. The Kier molecular flexibility index (Phi) is 4.03. The van der Waals surface area contributed by atoms with Gasteiger partial charge in [0.2, 0.25) is 0 Å². The van der Waals surface area contributed by atoms with Gasteiger partial charge in [-0.25, -0.2) is 0 Å². The molecule has 0 aliphatic heterocycles. The van der Waals surface area contributed by atoms with Gasteiger partial charge in [-0.3, -0.25) is 0 Å². The first kappa shape index (κ1) is 15.5. The van der Waals surface area contributed by atoms with Crippen molar-refractivity contribution in [2.45, 2.75) is 6.92 Å². The lowest BCUT2D eigenvalue weighted by atomic mass is 9.96. The molecule has 0 fully saturated rings. The standard InChI is InChI=1S/C23H18BN/c1-17-7-2-5-11-22(17)25(20-15-13-19(24)14-16-20)23-12-6-9-18-8-3-4-10-21(18)23/h2-16H,1H3. The summed E-state index contributed by atoms with van der Waals surface area (Å²) >= 11 is 0. The lowest BCUT2D eigenvalue weighted by Crippen LogP contribution is -2.13. The predicted octanol–water partition coefficient (Wildman–Crippen LogP) is 5.41. The number of rotatable bonds is 3. The molecule has 2 heteroatoms. The van der Waals surface area contributed by atoms with Crippen molar-refractivity contribution in [2.75, 3.05) is 4.90 Å². The molecule has 0 saturated carbocycles. The molecule has 25 heavy (non-hydrogen) atoms. The Morgan fingerprint density at radius 2 is 1.28 bits per heavy atom. The maximum atomic E-state index is 5.91. The Balaban J connectivity index is 2.00. The summed E-state index contributed by atoms with van der Waals surface area (Å²) in [6.07, 6.45) is 0. The van der Waals surface area contributed by atoms with Gasteiger partial charge >= 0.3 is 0 Å². The molecule has 118 valence electrons. The van der Waals surface area contributed by atoms with Crippen molar-refractivity contribution < 1.29 is 0 Å². The molecule has 0 amide bonds. The number of para-hydroxylation sites is 1. The average Bonchev–Trinajstić information content (AvgIpc) is 2.65. The summed E-state index contributed by atoms with van der Waals surface area (Å²) in [5, 5.41) is 2.46. The molecule has 4 rings (SSSR count). The zero-order valence-electron chi connectivity index (χ0n) is 14.2. The number of aryl methyl sites for hydroxylation is 1. The summed E-state index contributed by atoms with van der Waals surface area (Å²) in [6, 6.07) is 31.4. The fraction of sp³-hybridized carbons (Fsp3) is 0.0435. The second-order valence-electron chi connectivity index (χ2n) is 6.21. The molecular weight excluding hydrogens is 301 g/mol. The molecule has 0 spiro atoms. The van der Waals surface area contributed by atoms with E-state index in [4.69, 9.17) is 7.85 Å². The third-order valence-electron chi connectivity index (χ3n) is 4.52. The summed E-state index contributed by atoms with van der Waals surface area (Å²) in [6.45, 7) is 2.14. The van der Waals surface area contributed by atoms with Crippen molar-refractivity contribution in [1.82, 2.24) is 0 Å². The van der Waals surface area contributed by atoms with Crippen LogP contribution in [0.4, 0.5) is 17.1 Å². The average molecular weight is 319 g/mol. The number of benzene rings is 4. The highest BCUT2D eigenvalue weighted by Gasteiger charge is 2.16. The maximum Gasteiger partial charge on any atom is 0.113 e. The van der Waals surface area contributed by atoms with Crippen LogP contribution in [0.3, 0.4) is 0 Å². The zero-order valence-corrected chi connectivity index (χ0v) is 14.2. The van der Waals surface area contributed by atoms with Crippen molar-refractivity contribution in [3.63, 3.8) is 0 Å². The monoisotopic (exact) mass is 319 g/mol. The Morgan fingerprint density at radius 3 is 2.08 bits per heavy atom. The smallest absolute Gasteiger partial charge is 0.113 e. The van der Waals surface area contributed by atoms with Crippen LogP contribution < -0.4 is 10.4 Å².